The molecule has 0 bridgehead atoms. The van der Waals surface area contributed by atoms with E-state index in [0.717, 1.165) is 4.47 Å². The van der Waals surface area contributed by atoms with E-state index in [-0.39, 0.29) is 5.71 Å². The molecule has 0 saturated heterocycles. The summed E-state index contributed by atoms with van der Waals surface area (Å²) in [6.45, 7) is 0. The maximum atomic E-state index is 10.9. The van der Waals surface area contributed by atoms with Crippen molar-refractivity contribution in [2.45, 2.75) is 0 Å². The van der Waals surface area contributed by atoms with Crippen molar-refractivity contribution in [2.24, 2.45) is 0 Å². The third-order valence-electron chi connectivity index (χ3n) is 1.54. The summed E-state index contributed by atoms with van der Waals surface area (Å²) in [4.78, 5) is 0. The summed E-state index contributed by atoms with van der Waals surface area (Å²) in [5.41, 5.74) is 0.746. The lowest BCUT2D eigenvalue weighted by molar-refractivity contribution is -0.420. The molecule has 0 amide bonds. The molecule has 0 aromatic heterocycles. The highest BCUT2D eigenvalue weighted by atomic mass is 79.9. The molecule has 1 aromatic carbocycles. The van der Waals surface area contributed by atoms with Crippen LogP contribution in [0.15, 0.2) is 28.7 Å². The van der Waals surface area contributed by atoms with E-state index >= 15 is 0 Å². The van der Waals surface area contributed by atoms with Gasteiger partial charge in [0.1, 0.15) is 7.05 Å². The Bertz CT molecular complexity index is 372. The Morgan fingerprint density at radius 3 is 2.38 bits per heavy atom. The molecule has 0 atom stereocenters. The van der Waals surface area contributed by atoms with Crippen LogP contribution >= 0.6 is 15.9 Å². The highest BCUT2D eigenvalue weighted by molar-refractivity contribution is 9.10. The van der Waals surface area contributed by atoms with E-state index in [0.29, 0.717) is 10.3 Å². The van der Waals surface area contributed by atoms with Crippen LogP contribution in [0.5, 0.6) is 0 Å². The average molecular weight is 239 g/mol. The fourth-order valence-corrected chi connectivity index (χ4v) is 1.19. The van der Waals surface area contributed by atoms with Gasteiger partial charge in [-0.3, -0.25) is 0 Å². The van der Waals surface area contributed by atoms with Crippen LogP contribution in [-0.2, 0) is 0 Å². The SMILES string of the molecule is C/[N+]([O-])=C(\C#N)c1ccc(Br)cc1. The molecule has 0 fully saturated rings. The van der Waals surface area contributed by atoms with Crippen molar-refractivity contribution in [3.63, 3.8) is 0 Å². The second kappa shape index (κ2) is 4.06. The van der Waals surface area contributed by atoms with Crippen molar-refractivity contribution < 1.29 is 4.74 Å². The molecule has 3 nitrogen and oxygen atoms in total. The number of nitriles is 1. The summed E-state index contributed by atoms with van der Waals surface area (Å²) in [5, 5.41) is 19.6. The number of hydrogen-bond donors (Lipinski definition) is 0. The van der Waals surface area contributed by atoms with E-state index in [1.165, 1.54) is 7.05 Å². The highest BCUT2D eigenvalue weighted by Gasteiger charge is 2.08. The van der Waals surface area contributed by atoms with Gasteiger partial charge in [0.25, 0.3) is 5.71 Å². The number of halogens is 1. The molecule has 0 N–H and O–H groups in total. The van der Waals surface area contributed by atoms with Crippen LogP contribution in [0.1, 0.15) is 5.56 Å². The van der Waals surface area contributed by atoms with Crippen molar-refractivity contribution >= 4 is 21.6 Å². The monoisotopic (exact) mass is 238 g/mol. The predicted octanol–water partition coefficient (Wildman–Crippen LogP) is 1.90. The van der Waals surface area contributed by atoms with Crippen LogP contribution in [-0.4, -0.2) is 17.5 Å². The van der Waals surface area contributed by atoms with Crippen molar-refractivity contribution in [2.75, 3.05) is 7.05 Å². The van der Waals surface area contributed by atoms with E-state index in [9.17, 15) is 5.21 Å². The van der Waals surface area contributed by atoms with Crippen LogP contribution in [0.4, 0.5) is 0 Å². The van der Waals surface area contributed by atoms with Gasteiger partial charge in [-0.1, -0.05) is 15.9 Å². The summed E-state index contributed by atoms with van der Waals surface area (Å²) in [5.74, 6) is 0. The van der Waals surface area contributed by atoms with Gasteiger partial charge in [0.05, 0.1) is 5.56 Å². The molecule has 0 spiro atoms. The van der Waals surface area contributed by atoms with Gasteiger partial charge < -0.3 is 5.21 Å². The van der Waals surface area contributed by atoms with E-state index in [1.807, 2.05) is 6.07 Å². The zero-order valence-corrected chi connectivity index (χ0v) is 8.58. The molecule has 0 radical (unpaired) electrons. The van der Waals surface area contributed by atoms with Crippen molar-refractivity contribution in [1.82, 2.24) is 0 Å². The van der Waals surface area contributed by atoms with Gasteiger partial charge in [-0.15, -0.1) is 0 Å². The molecule has 66 valence electrons. The molecule has 0 heterocycles. The van der Waals surface area contributed by atoms with Crippen LogP contribution in [0.2, 0.25) is 0 Å². The van der Waals surface area contributed by atoms with E-state index in [1.54, 1.807) is 24.3 Å². The Hall–Kier alpha value is -1.34. The van der Waals surface area contributed by atoms with Gasteiger partial charge >= 0.3 is 0 Å². The van der Waals surface area contributed by atoms with Crippen LogP contribution in [0.3, 0.4) is 0 Å². The first kappa shape index (κ1) is 9.75. The smallest absolute Gasteiger partial charge is 0.296 e. The first-order chi connectivity index (χ1) is 6.15. The minimum atomic E-state index is 0.118. The second-order valence-corrected chi connectivity index (χ2v) is 3.38. The summed E-state index contributed by atoms with van der Waals surface area (Å²) in [6.07, 6.45) is 0. The normalized spacial score (nSPS) is 11.8. The molecule has 13 heavy (non-hydrogen) atoms. The lowest BCUT2D eigenvalue weighted by Crippen LogP contribution is -2.10. The summed E-state index contributed by atoms with van der Waals surface area (Å²) < 4.78 is 1.48. The second-order valence-electron chi connectivity index (χ2n) is 2.46. The number of rotatable bonds is 1. The lowest BCUT2D eigenvalue weighted by atomic mass is 10.1. The van der Waals surface area contributed by atoms with Crippen LogP contribution < -0.4 is 0 Å². The lowest BCUT2D eigenvalue weighted by Gasteiger charge is -1.99. The van der Waals surface area contributed by atoms with Crippen LogP contribution in [0, 0.1) is 16.5 Å². The van der Waals surface area contributed by atoms with Gasteiger partial charge in [-0.2, -0.15) is 10.0 Å². The Morgan fingerprint density at radius 1 is 1.46 bits per heavy atom. The first-order valence-corrected chi connectivity index (χ1v) is 4.38. The predicted molar refractivity (Wildman–Crippen MR) is 53.4 cm³/mol. The van der Waals surface area contributed by atoms with Gasteiger partial charge in [0.2, 0.25) is 0 Å². The molecule has 0 aliphatic heterocycles. The molecule has 0 aliphatic rings. The molecule has 0 unspecified atom stereocenters. The molecule has 0 saturated carbocycles. The summed E-state index contributed by atoms with van der Waals surface area (Å²) in [6, 6.07) is 8.87. The summed E-state index contributed by atoms with van der Waals surface area (Å²) in [7, 11) is 1.31. The molecule has 1 rings (SSSR count). The summed E-state index contributed by atoms with van der Waals surface area (Å²) >= 11 is 3.27. The quantitative estimate of drug-likeness (QED) is 0.325. The zero-order chi connectivity index (χ0) is 9.84. The number of benzene rings is 1. The van der Waals surface area contributed by atoms with Gasteiger partial charge in [0.15, 0.2) is 6.07 Å². The van der Waals surface area contributed by atoms with E-state index < -0.39 is 0 Å². The van der Waals surface area contributed by atoms with Crippen molar-refractivity contribution in [1.29, 1.82) is 5.26 Å². The van der Waals surface area contributed by atoms with Gasteiger partial charge in [0, 0.05) is 4.47 Å². The third kappa shape index (κ3) is 2.30. The molecular formula is C9H7BrN2O. The largest absolute Gasteiger partial charge is 0.623 e. The maximum Gasteiger partial charge on any atom is 0.296 e. The first-order valence-electron chi connectivity index (χ1n) is 3.59. The van der Waals surface area contributed by atoms with Gasteiger partial charge in [-0.05, 0) is 24.3 Å². The Kier molecular flexibility index (Phi) is 3.04. The highest BCUT2D eigenvalue weighted by Crippen LogP contribution is 2.10. The fraction of sp³-hybridized carbons (Fsp3) is 0.111. The Morgan fingerprint density at radius 2 is 2.00 bits per heavy atom. The molecular weight excluding hydrogens is 232 g/mol. The van der Waals surface area contributed by atoms with Gasteiger partial charge in [-0.25, -0.2) is 0 Å². The Balaban J connectivity index is 3.17. The topological polar surface area (TPSA) is 49.9 Å². The standard InChI is InChI=1S/C9H7BrN2O/c1-12(13)9(6-11)7-2-4-8(10)5-3-7/h2-5H,1H3/b12-9-. The minimum absolute atomic E-state index is 0.118. The fourth-order valence-electron chi connectivity index (χ4n) is 0.925. The molecule has 0 aliphatic carbocycles. The average Bonchev–Trinajstić information content (AvgIpc) is 2.09. The van der Waals surface area contributed by atoms with E-state index in [2.05, 4.69) is 15.9 Å². The van der Waals surface area contributed by atoms with Crippen molar-refractivity contribution in [3.05, 3.63) is 39.5 Å². The van der Waals surface area contributed by atoms with E-state index in [4.69, 9.17) is 5.26 Å². The minimum Gasteiger partial charge on any atom is -0.623 e. The number of nitrogens with zero attached hydrogens (tertiary/aromatic N) is 2. The van der Waals surface area contributed by atoms with Crippen LogP contribution in [0.25, 0.3) is 0 Å². The van der Waals surface area contributed by atoms with Crippen molar-refractivity contribution in [3.8, 4) is 6.07 Å². The third-order valence-corrected chi connectivity index (χ3v) is 2.07. The molecule has 4 heteroatoms. The Labute approximate surface area is 84.6 Å². The number of hydrogen-bond acceptors (Lipinski definition) is 2. The zero-order valence-electron chi connectivity index (χ0n) is 6.99. The molecule has 1 aromatic rings. The number of hydroxylamine groups is 1. The maximum absolute atomic E-state index is 10.9.